The van der Waals surface area contributed by atoms with E-state index in [0.29, 0.717) is 6.41 Å². The second kappa shape index (κ2) is 5.84. The summed E-state index contributed by atoms with van der Waals surface area (Å²) >= 11 is 0. The highest BCUT2D eigenvalue weighted by Gasteiger charge is 1.72. The lowest BCUT2D eigenvalue weighted by Gasteiger charge is -1.70. The summed E-state index contributed by atoms with van der Waals surface area (Å²) in [6.07, 6.45) is 2.31. The van der Waals surface area contributed by atoms with Crippen LogP contribution < -0.4 is 11.3 Å². The number of nitrogens with one attached hydrogen (secondary N) is 2. The van der Waals surface area contributed by atoms with Crippen molar-refractivity contribution < 1.29 is 4.79 Å². The first-order valence-corrected chi connectivity index (χ1v) is 2.81. The van der Waals surface area contributed by atoms with Crippen LogP contribution in [0.3, 0.4) is 0 Å². The highest BCUT2D eigenvalue weighted by atomic mass is 16.1. The van der Waals surface area contributed by atoms with Gasteiger partial charge < -0.3 is 4.98 Å². The fourth-order valence-corrected chi connectivity index (χ4v) is 0.420. The molecule has 1 aromatic rings. The topological polar surface area (TPSA) is 70.9 Å². The van der Waals surface area contributed by atoms with E-state index < -0.39 is 0 Å². The summed E-state index contributed by atoms with van der Waals surface area (Å²) in [5.74, 6) is 4.41. The SMILES string of the molecule is Cc1ccc[nH]1.NNC=O. The zero-order chi connectivity index (χ0) is 7.82. The minimum absolute atomic E-state index is 0.403. The van der Waals surface area contributed by atoms with Crippen molar-refractivity contribution in [3.63, 3.8) is 0 Å². The summed E-state index contributed by atoms with van der Waals surface area (Å²) in [4.78, 5) is 11.9. The van der Waals surface area contributed by atoms with Gasteiger partial charge >= 0.3 is 0 Å². The molecule has 0 bridgehead atoms. The Hall–Kier alpha value is -1.29. The molecule has 0 saturated carbocycles. The van der Waals surface area contributed by atoms with Crippen LogP contribution in [-0.2, 0) is 4.79 Å². The van der Waals surface area contributed by atoms with Crippen LogP contribution in [0.15, 0.2) is 18.3 Å². The van der Waals surface area contributed by atoms with Crippen molar-refractivity contribution in [3.8, 4) is 0 Å². The average Bonchev–Trinajstić information content (AvgIpc) is 2.40. The third kappa shape index (κ3) is 4.86. The van der Waals surface area contributed by atoms with Crippen LogP contribution in [-0.4, -0.2) is 11.4 Å². The second-order valence-corrected chi connectivity index (χ2v) is 1.64. The van der Waals surface area contributed by atoms with Gasteiger partial charge in [-0.05, 0) is 19.1 Å². The zero-order valence-electron chi connectivity index (χ0n) is 5.79. The smallest absolute Gasteiger partial charge is 0.221 e. The van der Waals surface area contributed by atoms with Crippen molar-refractivity contribution in [1.29, 1.82) is 0 Å². The lowest BCUT2D eigenvalue weighted by atomic mass is 10.5. The zero-order valence-corrected chi connectivity index (χ0v) is 5.79. The van der Waals surface area contributed by atoms with Crippen LogP contribution in [0.2, 0.25) is 0 Å². The Morgan fingerprint density at radius 2 is 2.40 bits per heavy atom. The Bertz CT molecular complexity index is 160. The van der Waals surface area contributed by atoms with Gasteiger partial charge in [0.2, 0.25) is 6.41 Å². The first kappa shape index (κ1) is 8.71. The molecule has 0 atom stereocenters. The standard InChI is InChI=1S/C5H7N.CH4N2O/c1-5-3-2-4-6-5;2-3-1-4/h2-4,6H,1H3;1H,2H2,(H,3,4). The van der Waals surface area contributed by atoms with E-state index in [-0.39, 0.29) is 0 Å². The molecule has 56 valence electrons. The Balaban J connectivity index is 0.000000180. The van der Waals surface area contributed by atoms with Gasteiger partial charge in [0.15, 0.2) is 0 Å². The Labute approximate surface area is 59.4 Å². The molecule has 0 aliphatic rings. The predicted octanol–water partition coefficient (Wildman–Crippen LogP) is -0.0708. The van der Waals surface area contributed by atoms with Crippen LogP contribution in [0.4, 0.5) is 0 Å². The lowest BCUT2D eigenvalue weighted by molar-refractivity contribution is -0.109. The molecule has 0 spiro atoms. The fourth-order valence-electron chi connectivity index (χ4n) is 0.420. The van der Waals surface area contributed by atoms with Gasteiger partial charge in [-0.2, -0.15) is 0 Å². The molecule has 0 saturated heterocycles. The molecule has 4 nitrogen and oxygen atoms in total. The van der Waals surface area contributed by atoms with Crippen LogP contribution in [0, 0.1) is 6.92 Å². The van der Waals surface area contributed by atoms with Crippen LogP contribution in [0.25, 0.3) is 0 Å². The van der Waals surface area contributed by atoms with E-state index in [9.17, 15) is 0 Å². The summed E-state index contributed by atoms with van der Waals surface area (Å²) in [6, 6.07) is 4.01. The maximum atomic E-state index is 8.94. The molecule has 0 aliphatic heterocycles. The number of rotatable bonds is 1. The molecule has 1 amide bonds. The van der Waals surface area contributed by atoms with Gasteiger partial charge in [-0.25, -0.2) is 5.84 Å². The Kier molecular flexibility index (Phi) is 5.09. The van der Waals surface area contributed by atoms with E-state index in [1.54, 1.807) is 5.43 Å². The van der Waals surface area contributed by atoms with Gasteiger partial charge in [-0.1, -0.05) is 0 Å². The molecule has 1 heterocycles. The summed E-state index contributed by atoms with van der Waals surface area (Å²) in [5, 5.41) is 0. The number of carbonyl (C=O) groups excluding carboxylic acids is 1. The fraction of sp³-hybridized carbons (Fsp3) is 0.167. The molecule has 1 aromatic heterocycles. The molecule has 1 rings (SSSR count). The van der Waals surface area contributed by atoms with Crippen molar-refractivity contribution in [2.45, 2.75) is 6.92 Å². The third-order valence-corrected chi connectivity index (χ3v) is 0.821. The van der Waals surface area contributed by atoms with Gasteiger partial charge in [0.1, 0.15) is 0 Å². The molecule has 0 radical (unpaired) electrons. The molecule has 0 aliphatic carbocycles. The van der Waals surface area contributed by atoms with Gasteiger partial charge in [-0.3, -0.25) is 10.2 Å². The van der Waals surface area contributed by atoms with Crippen molar-refractivity contribution in [2.24, 2.45) is 5.84 Å². The largest absolute Gasteiger partial charge is 0.365 e. The number of aromatic nitrogens is 1. The van der Waals surface area contributed by atoms with Crippen LogP contribution in [0.1, 0.15) is 5.69 Å². The minimum Gasteiger partial charge on any atom is -0.365 e. The average molecular weight is 141 g/mol. The summed E-state index contributed by atoms with van der Waals surface area (Å²) < 4.78 is 0. The molecular weight excluding hydrogens is 130 g/mol. The molecule has 0 fully saturated rings. The number of hydrogen-bond donors (Lipinski definition) is 3. The maximum Gasteiger partial charge on any atom is 0.221 e. The molecule has 0 unspecified atom stereocenters. The molecule has 4 N–H and O–H groups in total. The van der Waals surface area contributed by atoms with Crippen molar-refractivity contribution in [2.75, 3.05) is 0 Å². The first-order valence-electron chi connectivity index (χ1n) is 2.81. The number of hydrogen-bond acceptors (Lipinski definition) is 2. The van der Waals surface area contributed by atoms with Gasteiger partial charge in [0.05, 0.1) is 0 Å². The normalized spacial score (nSPS) is 7.40. The number of nitrogens with two attached hydrogens (primary N) is 1. The van der Waals surface area contributed by atoms with E-state index in [0.717, 1.165) is 0 Å². The van der Waals surface area contributed by atoms with E-state index in [1.807, 2.05) is 25.3 Å². The van der Waals surface area contributed by atoms with Crippen LogP contribution in [0.5, 0.6) is 0 Å². The summed E-state index contributed by atoms with van der Waals surface area (Å²) in [6.45, 7) is 2.03. The number of amides is 1. The first-order chi connectivity index (χ1) is 4.81. The quantitative estimate of drug-likeness (QED) is 0.222. The Morgan fingerprint density at radius 1 is 1.80 bits per heavy atom. The Morgan fingerprint density at radius 3 is 2.50 bits per heavy atom. The van der Waals surface area contributed by atoms with E-state index >= 15 is 0 Å². The molecule has 10 heavy (non-hydrogen) atoms. The van der Waals surface area contributed by atoms with E-state index in [2.05, 4.69) is 10.8 Å². The van der Waals surface area contributed by atoms with Crippen molar-refractivity contribution in [1.82, 2.24) is 10.4 Å². The maximum absolute atomic E-state index is 8.94. The van der Waals surface area contributed by atoms with Gasteiger partial charge in [0.25, 0.3) is 0 Å². The molecule has 4 heteroatoms. The molecular formula is C6H11N3O. The monoisotopic (exact) mass is 141 g/mol. The van der Waals surface area contributed by atoms with E-state index in [4.69, 9.17) is 4.79 Å². The third-order valence-electron chi connectivity index (χ3n) is 0.821. The van der Waals surface area contributed by atoms with Crippen LogP contribution >= 0.6 is 0 Å². The number of H-pyrrole nitrogens is 1. The number of aryl methyl sites for hydroxylation is 1. The van der Waals surface area contributed by atoms with Crippen molar-refractivity contribution >= 4 is 6.41 Å². The number of carbonyl (C=O) groups is 1. The summed E-state index contributed by atoms with van der Waals surface area (Å²) in [5.41, 5.74) is 2.97. The van der Waals surface area contributed by atoms with E-state index in [1.165, 1.54) is 5.69 Å². The second-order valence-electron chi connectivity index (χ2n) is 1.64. The highest BCUT2D eigenvalue weighted by molar-refractivity contribution is 5.44. The van der Waals surface area contributed by atoms with Gasteiger partial charge in [-0.15, -0.1) is 0 Å². The van der Waals surface area contributed by atoms with Gasteiger partial charge in [0, 0.05) is 11.9 Å². The lowest BCUT2D eigenvalue weighted by Crippen LogP contribution is -2.18. The predicted molar refractivity (Wildman–Crippen MR) is 38.9 cm³/mol. The number of aromatic amines is 1. The molecule has 0 aromatic carbocycles. The highest BCUT2D eigenvalue weighted by Crippen LogP contribution is 1.86. The van der Waals surface area contributed by atoms with Crippen molar-refractivity contribution in [3.05, 3.63) is 24.0 Å². The minimum atomic E-state index is 0.403. The summed E-state index contributed by atoms with van der Waals surface area (Å²) in [7, 11) is 0. The number of hydrazine groups is 1.